The molecule has 3 heteroatoms. The Morgan fingerprint density at radius 2 is 1.94 bits per heavy atom. The van der Waals surface area contributed by atoms with E-state index >= 15 is 0 Å². The molecule has 0 aromatic heterocycles. The van der Waals surface area contributed by atoms with Crippen LogP contribution in [0.4, 0.5) is 0 Å². The molecule has 2 N–H and O–H groups in total. The number of hydrogen-bond acceptors (Lipinski definition) is 3. The number of nitrogens with one attached hydrogen (secondary N) is 1. The van der Waals surface area contributed by atoms with E-state index in [4.69, 9.17) is 0 Å². The summed E-state index contributed by atoms with van der Waals surface area (Å²) in [4.78, 5) is 2.29. The highest BCUT2D eigenvalue weighted by atomic mass is 16.3. The average Bonchev–Trinajstić information content (AvgIpc) is 2.17. The van der Waals surface area contributed by atoms with Gasteiger partial charge < -0.3 is 15.3 Å². The van der Waals surface area contributed by atoms with E-state index in [-0.39, 0.29) is 0 Å². The van der Waals surface area contributed by atoms with Crippen LogP contribution in [0.3, 0.4) is 0 Å². The van der Waals surface area contributed by atoms with Gasteiger partial charge in [0.25, 0.3) is 0 Å². The second-order valence-electron chi connectivity index (χ2n) is 5.90. The molecule has 0 saturated carbocycles. The first-order valence-electron chi connectivity index (χ1n) is 6.53. The fraction of sp³-hybridized carbons (Fsp3) is 1.00. The van der Waals surface area contributed by atoms with E-state index < -0.39 is 5.60 Å². The van der Waals surface area contributed by atoms with Crippen LogP contribution in [0.5, 0.6) is 0 Å². The number of aliphatic hydroxyl groups is 1. The van der Waals surface area contributed by atoms with Crippen LogP contribution in [0.1, 0.15) is 33.6 Å². The lowest BCUT2D eigenvalue weighted by Gasteiger charge is -2.35. The van der Waals surface area contributed by atoms with Gasteiger partial charge in [-0.25, -0.2) is 0 Å². The molecule has 1 rings (SSSR count). The highest BCUT2D eigenvalue weighted by Gasteiger charge is 2.27. The molecular formula is C13H28N2O. The van der Waals surface area contributed by atoms with Gasteiger partial charge in [-0.1, -0.05) is 13.8 Å². The molecule has 0 bridgehead atoms. The SMILES string of the molecule is CC(C)C(C)(O)CN(C)CC1CCNCC1. The molecule has 0 aliphatic carbocycles. The van der Waals surface area contributed by atoms with Crippen molar-refractivity contribution >= 4 is 0 Å². The molecular weight excluding hydrogens is 200 g/mol. The van der Waals surface area contributed by atoms with Crippen molar-refractivity contribution in [3.05, 3.63) is 0 Å². The Hall–Kier alpha value is -0.120. The minimum Gasteiger partial charge on any atom is -0.389 e. The summed E-state index contributed by atoms with van der Waals surface area (Å²) >= 11 is 0. The predicted octanol–water partition coefficient (Wildman–Crippen LogP) is 1.32. The van der Waals surface area contributed by atoms with Crippen molar-refractivity contribution in [3.63, 3.8) is 0 Å². The van der Waals surface area contributed by atoms with Crippen LogP contribution >= 0.6 is 0 Å². The molecule has 1 aliphatic heterocycles. The van der Waals surface area contributed by atoms with Gasteiger partial charge >= 0.3 is 0 Å². The molecule has 0 aromatic carbocycles. The van der Waals surface area contributed by atoms with E-state index in [2.05, 4.69) is 31.1 Å². The number of nitrogens with zero attached hydrogens (tertiary/aromatic N) is 1. The first kappa shape index (κ1) is 13.9. The summed E-state index contributed by atoms with van der Waals surface area (Å²) in [6, 6.07) is 0. The van der Waals surface area contributed by atoms with Crippen molar-refractivity contribution in [2.24, 2.45) is 11.8 Å². The summed E-state index contributed by atoms with van der Waals surface area (Å²) in [5.74, 6) is 1.11. The van der Waals surface area contributed by atoms with Crippen molar-refractivity contribution in [3.8, 4) is 0 Å². The van der Waals surface area contributed by atoms with Crippen molar-refractivity contribution in [2.45, 2.75) is 39.2 Å². The van der Waals surface area contributed by atoms with Crippen molar-refractivity contribution in [1.29, 1.82) is 0 Å². The summed E-state index contributed by atoms with van der Waals surface area (Å²) in [7, 11) is 2.12. The Balaban J connectivity index is 2.31. The zero-order valence-electron chi connectivity index (χ0n) is 11.3. The quantitative estimate of drug-likeness (QED) is 0.745. The minimum atomic E-state index is -0.568. The first-order chi connectivity index (χ1) is 7.42. The molecule has 0 spiro atoms. The third kappa shape index (κ3) is 4.40. The molecule has 1 atom stereocenters. The molecule has 1 saturated heterocycles. The van der Waals surface area contributed by atoms with Crippen LogP contribution in [0, 0.1) is 11.8 Å². The van der Waals surface area contributed by atoms with Gasteiger partial charge in [-0.2, -0.15) is 0 Å². The van der Waals surface area contributed by atoms with Crippen molar-refractivity contribution in [2.75, 3.05) is 33.2 Å². The number of hydrogen-bond donors (Lipinski definition) is 2. The van der Waals surface area contributed by atoms with Crippen LogP contribution in [0.25, 0.3) is 0 Å². The maximum absolute atomic E-state index is 10.2. The molecule has 1 fully saturated rings. The van der Waals surface area contributed by atoms with Gasteiger partial charge in [0, 0.05) is 13.1 Å². The molecule has 3 nitrogen and oxygen atoms in total. The van der Waals surface area contributed by atoms with Gasteiger partial charge in [0.15, 0.2) is 0 Å². The van der Waals surface area contributed by atoms with E-state index in [1.54, 1.807) is 0 Å². The third-order valence-electron chi connectivity index (χ3n) is 3.86. The normalized spacial score (nSPS) is 22.7. The Kier molecular flexibility index (Phi) is 5.22. The lowest BCUT2D eigenvalue weighted by atomic mass is 9.91. The van der Waals surface area contributed by atoms with E-state index in [1.165, 1.54) is 12.8 Å². The smallest absolute Gasteiger partial charge is 0.0768 e. The molecule has 0 amide bonds. The van der Waals surface area contributed by atoms with Crippen molar-refractivity contribution in [1.82, 2.24) is 10.2 Å². The summed E-state index contributed by atoms with van der Waals surface area (Å²) in [6.45, 7) is 10.3. The molecule has 1 heterocycles. The minimum absolute atomic E-state index is 0.308. The zero-order valence-corrected chi connectivity index (χ0v) is 11.3. The third-order valence-corrected chi connectivity index (χ3v) is 3.86. The van der Waals surface area contributed by atoms with Gasteiger partial charge in [-0.15, -0.1) is 0 Å². The predicted molar refractivity (Wildman–Crippen MR) is 68.6 cm³/mol. The van der Waals surface area contributed by atoms with E-state index in [0.29, 0.717) is 5.92 Å². The topological polar surface area (TPSA) is 35.5 Å². The molecule has 1 aliphatic rings. The standard InChI is InChI=1S/C13H28N2O/c1-11(2)13(3,16)10-15(4)9-12-5-7-14-8-6-12/h11-12,14,16H,5-10H2,1-4H3. The van der Waals surface area contributed by atoms with Crippen LogP contribution in [-0.4, -0.2) is 48.8 Å². The Morgan fingerprint density at radius 3 is 2.44 bits per heavy atom. The van der Waals surface area contributed by atoms with Crippen LogP contribution in [-0.2, 0) is 0 Å². The second-order valence-corrected chi connectivity index (χ2v) is 5.90. The number of likely N-dealkylation sites (N-methyl/N-ethyl adjacent to an activating group) is 1. The fourth-order valence-electron chi connectivity index (χ4n) is 2.30. The monoisotopic (exact) mass is 228 g/mol. The Morgan fingerprint density at radius 1 is 1.38 bits per heavy atom. The maximum Gasteiger partial charge on any atom is 0.0768 e. The lowest BCUT2D eigenvalue weighted by Crippen LogP contribution is -2.45. The van der Waals surface area contributed by atoms with E-state index in [0.717, 1.165) is 32.1 Å². The van der Waals surface area contributed by atoms with E-state index in [9.17, 15) is 5.11 Å². The number of piperidine rings is 1. The molecule has 96 valence electrons. The highest BCUT2D eigenvalue weighted by Crippen LogP contribution is 2.19. The van der Waals surface area contributed by atoms with Crippen LogP contribution < -0.4 is 5.32 Å². The van der Waals surface area contributed by atoms with Gasteiger partial charge in [0.2, 0.25) is 0 Å². The second kappa shape index (κ2) is 5.99. The van der Waals surface area contributed by atoms with Gasteiger partial charge in [0.1, 0.15) is 0 Å². The molecule has 0 aromatic rings. The average molecular weight is 228 g/mol. The Labute approximate surface area is 100 Å². The van der Waals surface area contributed by atoms with Crippen LogP contribution in [0.15, 0.2) is 0 Å². The Bertz CT molecular complexity index is 198. The van der Waals surface area contributed by atoms with E-state index in [1.807, 2.05) is 6.92 Å². The largest absolute Gasteiger partial charge is 0.389 e. The zero-order chi connectivity index (χ0) is 12.2. The fourth-order valence-corrected chi connectivity index (χ4v) is 2.30. The van der Waals surface area contributed by atoms with Crippen LogP contribution in [0.2, 0.25) is 0 Å². The number of rotatable bonds is 5. The van der Waals surface area contributed by atoms with Gasteiger partial charge in [-0.05, 0) is 51.7 Å². The summed E-state index contributed by atoms with van der Waals surface area (Å²) in [5, 5.41) is 13.6. The van der Waals surface area contributed by atoms with Crippen molar-refractivity contribution < 1.29 is 5.11 Å². The van der Waals surface area contributed by atoms with Gasteiger partial charge in [-0.3, -0.25) is 0 Å². The maximum atomic E-state index is 10.2. The molecule has 16 heavy (non-hydrogen) atoms. The summed E-state index contributed by atoms with van der Waals surface area (Å²) < 4.78 is 0. The molecule has 1 unspecified atom stereocenters. The molecule has 0 radical (unpaired) electrons. The lowest BCUT2D eigenvalue weighted by molar-refractivity contribution is -0.0165. The summed E-state index contributed by atoms with van der Waals surface area (Å²) in [6.07, 6.45) is 2.54. The summed E-state index contributed by atoms with van der Waals surface area (Å²) in [5.41, 5.74) is -0.568. The highest BCUT2D eigenvalue weighted by molar-refractivity contribution is 4.81. The van der Waals surface area contributed by atoms with Gasteiger partial charge in [0.05, 0.1) is 5.60 Å². The first-order valence-corrected chi connectivity index (χ1v) is 6.53.